The molecule has 0 bridgehead atoms. The molecule has 0 unspecified atom stereocenters. The van der Waals surface area contributed by atoms with E-state index in [2.05, 4.69) is 45.1 Å². The number of anilines is 1. The lowest BCUT2D eigenvalue weighted by molar-refractivity contribution is -0.707. The first-order valence-electron chi connectivity index (χ1n) is 6.41. The Kier molecular flexibility index (Phi) is 4.52. The summed E-state index contributed by atoms with van der Waals surface area (Å²) in [6.45, 7) is 12.9. The Morgan fingerprint density at radius 3 is 2.11 bits per heavy atom. The molecular formula is C15H25N2O+. The Hall–Kier alpha value is -1.35. The van der Waals surface area contributed by atoms with E-state index in [1.165, 1.54) is 5.56 Å². The first kappa shape index (κ1) is 14.7. The van der Waals surface area contributed by atoms with E-state index >= 15 is 0 Å². The van der Waals surface area contributed by atoms with E-state index in [-0.39, 0.29) is 11.4 Å². The number of quaternary nitrogens is 1. The lowest BCUT2D eigenvalue weighted by Gasteiger charge is -2.17. The molecule has 1 aromatic rings. The Labute approximate surface area is 110 Å². The standard InChI is InChI=1S/C15H24N2O/c1-10-7-11(2)14(12(3)8-10)17-13(18)9-16-15(4,5)6/h7-8,16H,9H2,1-6H3,(H,17,18)/p+1. The van der Waals surface area contributed by atoms with Gasteiger partial charge >= 0.3 is 0 Å². The van der Waals surface area contributed by atoms with Gasteiger partial charge in [0.25, 0.3) is 5.91 Å². The summed E-state index contributed by atoms with van der Waals surface area (Å²) >= 11 is 0. The van der Waals surface area contributed by atoms with Crippen LogP contribution in [0.3, 0.4) is 0 Å². The van der Waals surface area contributed by atoms with Crippen molar-refractivity contribution >= 4 is 11.6 Å². The number of benzene rings is 1. The van der Waals surface area contributed by atoms with Gasteiger partial charge in [-0.3, -0.25) is 4.79 Å². The van der Waals surface area contributed by atoms with Gasteiger partial charge in [-0.2, -0.15) is 0 Å². The molecular weight excluding hydrogens is 224 g/mol. The van der Waals surface area contributed by atoms with E-state index < -0.39 is 0 Å². The van der Waals surface area contributed by atoms with Crippen LogP contribution < -0.4 is 10.6 Å². The number of nitrogens with two attached hydrogens (primary N) is 1. The Balaban J connectivity index is 2.71. The zero-order chi connectivity index (χ0) is 13.9. The molecule has 1 aromatic carbocycles. The van der Waals surface area contributed by atoms with Gasteiger partial charge in [-0.15, -0.1) is 0 Å². The van der Waals surface area contributed by atoms with Gasteiger partial charge < -0.3 is 10.6 Å². The summed E-state index contributed by atoms with van der Waals surface area (Å²) in [6.07, 6.45) is 0. The van der Waals surface area contributed by atoms with Crippen molar-refractivity contribution in [2.75, 3.05) is 11.9 Å². The molecule has 0 aliphatic heterocycles. The van der Waals surface area contributed by atoms with Crippen LogP contribution in [-0.4, -0.2) is 18.0 Å². The number of hydrogen-bond acceptors (Lipinski definition) is 1. The average Bonchev–Trinajstić information content (AvgIpc) is 2.19. The molecule has 0 aliphatic carbocycles. The molecule has 0 saturated carbocycles. The molecule has 3 heteroatoms. The van der Waals surface area contributed by atoms with Crippen LogP contribution in [0.15, 0.2) is 12.1 Å². The van der Waals surface area contributed by atoms with Crippen molar-refractivity contribution in [1.82, 2.24) is 0 Å². The van der Waals surface area contributed by atoms with Crippen molar-refractivity contribution in [3.8, 4) is 0 Å². The van der Waals surface area contributed by atoms with Crippen molar-refractivity contribution < 1.29 is 10.1 Å². The van der Waals surface area contributed by atoms with Crippen LogP contribution >= 0.6 is 0 Å². The maximum atomic E-state index is 11.9. The summed E-state index contributed by atoms with van der Waals surface area (Å²) in [6, 6.07) is 4.19. The van der Waals surface area contributed by atoms with E-state index in [9.17, 15) is 4.79 Å². The van der Waals surface area contributed by atoms with Gasteiger partial charge in [-0.05, 0) is 52.7 Å². The van der Waals surface area contributed by atoms with E-state index in [0.29, 0.717) is 6.54 Å². The monoisotopic (exact) mass is 249 g/mol. The second-order valence-electron chi connectivity index (χ2n) is 6.10. The Bertz CT molecular complexity index is 421. The molecule has 3 nitrogen and oxygen atoms in total. The number of nitrogens with one attached hydrogen (secondary N) is 1. The number of amides is 1. The number of rotatable bonds is 3. The quantitative estimate of drug-likeness (QED) is 0.844. The maximum absolute atomic E-state index is 11.9. The zero-order valence-electron chi connectivity index (χ0n) is 12.3. The third kappa shape index (κ3) is 4.49. The Morgan fingerprint density at radius 1 is 1.17 bits per heavy atom. The van der Waals surface area contributed by atoms with Crippen LogP contribution in [0.1, 0.15) is 37.5 Å². The highest BCUT2D eigenvalue weighted by Gasteiger charge is 2.16. The molecule has 3 N–H and O–H groups in total. The molecule has 0 radical (unpaired) electrons. The predicted octanol–water partition coefficient (Wildman–Crippen LogP) is 1.91. The molecule has 100 valence electrons. The number of carbonyl (C=O) groups excluding carboxylic acids is 1. The van der Waals surface area contributed by atoms with Gasteiger partial charge in [-0.1, -0.05) is 17.7 Å². The molecule has 0 spiro atoms. The molecule has 0 fully saturated rings. The van der Waals surface area contributed by atoms with E-state index in [1.807, 2.05) is 19.2 Å². The molecule has 1 rings (SSSR count). The van der Waals surface area contributed by atoms with Crippen LogP contribution in [0.25, 0.3) is 0 Å². The van der Waals surface area contributed by atoms with Crippen LogP contribution in [0, 0.1) is 20.8 Å². The van der Waals surface area contributed by atoms with Crippen LogP contribution in [0.5, 0.6) is 0 Å². The summed E-state index contributed by atoms with van der Waals surface area (Å²) in [5, 5.41) is 5.05. The zero-order valence-corrected chi connectivity index (χ0v) is 12.3. The Morgan fingerprint density at radius 2 is 1.67 bits per heavy atom. The van der Waals surface area contributed by atoms with Gasteiger partial charge in [0.1, 0.15) is 0 Å². The van der Waals surface area contributed by atoms with Crippen LogP contribution in [0.4, 0.5) is 5.69 Å². The molecule has 0 aromatic heterocycles. The molecule has 1 amide bonds. The fourth-order valence-corrected chi connectivity index (χ4v) is 1.97. The minimum absolute atomic E-state index is 0.0555. The highest BCUT2D eigenvalue weighted by atomic mass is 16.1. The second-order valence-corrected chi connectivity index (χ2v) is 6.10. The number of aryl methyl sites for hydroxylation is 3. The lowest BCUT2D eigenvalue weighted by Crippen LogP contribution is -2.95. The minimum atomic E-state index is 0.0555. The van der Waals surface area contributed by atoms with E-state index in [0.717, 1.165) is 16.8 Å². The minimum Gasteiger partial charge on any atom is -0.334 e. The van der Waals surface area contributed by atoms with E-state index in [4.69, 9.17) is 0 Å². The maximum Gasteiger partial charge on any atom is 0.279 e. The summed E-state index contributed by atoms with van der Waals surface area (Å²) in [7, 11) is 0. The summed E-state index contributed by atoms with van der Waals surface area (Å²) in [4.78, 5) is 11.9. The predicted molar refractivity (Wildman–Crippen MR) is 75.8 cm³/mol. The highest BCUT2D eigenvalue weighted by Crippen LogP contribution is 2.21. The largest absolute Gasteiger partial charge is 0.334 e. The van der Waals surface area contributed by atoms with Crippen molar-refractivity contribution in [2.24, 2.45) is 0 Å². The lowest BCUT2D eigenvalue weighted by atomic mass is 10.1. The molecule has 0 aliphatic rings. The molecule has 0 saturated heterocycles. The molecule has 0 atom stereocenters. The SMILES string of the molecule is Cc1cc(C)c(NC(=O)C[NH2+]C(C)(C)C)c(C)c1. The average molecular weight is 249 g/mol. The van der Waals surface area contributed by atoms with Gasteiger partial charge in [0, 0.05) is 5.69 Å². The first-order valence-corrected chi connectivity index (χ1v) is 6.41. The van der Waals surface area contributed by atoms with Crippen molar-refractivity contribution in [3.05, 3.63) is 28.8 Å². The van der Waals surface area contributed by atoms with Gasteiger partial charge in [0.15, 0.2) is 6.54 Å². The molecule has 18 heavy (non-hydrogen) atoms. The smallest absolute Gasteiger partial charge is 0.279 e. The first-order chi connectivity index (χ1) is 8.19. The molecule has 0 heterocycles. The van der Waals surface area contributed by atoms with Crippen molar-refractivity contribution in [1.29, 1.82) is 0 Å². The third-order valence-electron chi connectivity index (χ3n) is 2.84. The van der Waals surface area contributed by atoms with Crippen molar-refractivity contribution in [2.45, 2.75) is 47.1 Å². The van der Waals surface area contributed by atoms with E-state index in [1.54, 1.807) is 0 Å². The summed E-state index contributed by atoms with van der Waals surface area (Å²) < 4.78 is 0. The second kappa shape index (κ2) is 5.53. The van der Waals surface area contributed by atoms with Crippen LogP contribution in [0.2, 0.25) is 0 Å². The summed E-state index contributed by atoms with van der Waals surface area (Å²) in [5.74, 6) is 0.0555. The topological polar surface area (TPSA) is 45.7 Å². The fourth-order valence-electron chi connectivity index (χ4n) is 1.97. The van der Waals surface area contributed by atoms with Gasteiger partial charge in [0.05, 0.1) is 5.54 Å². The normalized spacial score (nSPS) is 11.4. The highest BCUT2D eigenvalue weighted by molar-refractivity contribution is 5.93. The van der Waals surface area contributed by atoms with Crippen LogP contribution in [-0.2, 0) is 4.79 Å². The number of carbonyl (C=O) groups is 1. The fraction of sp³-hybridized carbons (Fsp3) is 0.533. The van der Waals surface area contributed by atoms with Gasteiger partial charge in [0.2, 0.25) is 0 Å². The van der Waals surface area contributed by atoms with Gasteiger partial charge in [-0.25, -0.2) is 0 Å². The third-order valence-corrected chi connectivity index (χ3v) is 2.84. The number of hydrogen-bond donors (Lipinski definition) is 2. The van der Waals surface area contributed by atoms with Crippen molar-refractivity contribution in [3.63, 3.8) is 0 Å². The summed E-state index contributed by atoms with van der Waals surface area (Å²) in [5.41, 5.74) is 4.50.